The van der Waals surface area contributed by atoms with E-state index in [1.54, 1.807) is 0 Å². The Bertz CT molecular complexity index is 772. The van der Waals surface area contributed by atoms with Crippen molar-refractivity contribution in [1.82, 2.24) is 30.7 Å². The molecule has 0 aliphatic carbocycles. The summed E-state index contributed by atoms with van der Waals surface area (Å²) in [5.74, 6) is 1.70. The molecular formula is C21H31N7. The molecule has 1 aromatic heterocycles. The first-order chi connectivity index (χ1) is 13.7. The van der Waals surface area contributed by atoms with Crippen LogP contribution < -0.4 is 10.6 Å². The minimum atomic E-state index is 0.504. The van der Waals surface area contributed by atoms with E-state index >= 15 is 0 Å². The molecule has 0 amide bonds. The summed E-state index contributed by atoms with van der Waals surface area (Å²) < 4.78 is 0. The van der Waals surface area contributed by atoms with Gasteiger partial charge in [0.25, 0.3) is 0 Å². The zero-order valence-electron chi connectivity index (χ0n) is 16.9. The lowest BCUT2D eigenvalue weighted by molar-refractivity contribution is 0.0526. The third-order valence-electron chi connectivity index (χ3n) is 6.06. The highest BCUT2D eigenvalue weighted by atomic mass is 15.2. The van der Waals surface area contributed by atoms with Crippen molar-refractivity contribution < 1.29 is 0 Å². The van der Waals surface area contributed by atoms with Crippen molar-refractivity contribution in [3.63, 3.8) is 0 Å². The van der Waals surface area contributed by atoms with Crippen LogP contribution in [0.3, 0.4) is 0 Å². The van der Waals surface area contributed by atoms with Gasteiger partial charge in [0.2, 0.25) is 0 Å². The van der Waals surface area contributed by atoms with Gasteiger partial charge >= 0.3 is 0 Å². The molecule has 2 bridgehead atoms. The van der Waals surface area contributed by atoms with E-state index in [2.05, 4.69) is 56.8 Å². The summed E-state index contributed by atoms with van der Waals surface area (Å²) in [5, 5.41) is 14.0. The van der Waals surface area contributed by atoms with Crippen LogP contribution in [0.4, 0.5) is 0 Å². The number of benzene rings is 1. The lowest BCUT2D eigenvalue weighted by atomic mass is 9.82. The maximum atomic E-state index is 4.85. The molecule has 2 unspecified atom stereocenters. The van der Waals surface area contributed by atoms with E-state index in [1.807, 2.05) is 12.1 Å². The highest BCUT2D eigenvalue weighted by molar-refractivity contribution is 5.80. The van der Waals surface area contributed by atoms with Crippen molar-refractivity contribution >= 4 is 5.96 Å². The first-order valence-electron chi connectivity index (χ1n) is 10.4. The van der Waals surface area contributed by atoms with E-state index in [0.29, 0.717) is 24.7 Å². The minimum Gasteiger partial charge on any atom is -0.357 e. The molecule has 1 aromatic carbocycles. The monoisotopic (exact) mass is 381 g/mol. The number of rotatable bonds is 5. The predicted molar refractivity (Wildman–Crippen MR) is 112 cm³/mol. The summed E-state index contributed by atoms with van der Waals surface area (Å²) >= 11 is 0. The van der Waals surface area contributed by atoms with Gasteiger partial charge in [0.1, 0.15) is 6.33 Å². The van der Waals surface area contributed by atoms with Crippen LogP contribution in [0.5, 0.6) is 0 Å². The molecule has 2 aromatic rings. The molecule has 4 rings (SSSR count). The van der Waals surface area contributed by atoms with Crippen LogP contribution in [0, 0.1) is 0 Å². The van der Waals surface area contributed by atoms with Crippen LogP contribution in [0.1, 0.15) is 44.6 Å². The summed E-state index contributed by atoms with van der Waals surface area (Å²) in [6.45, 7) is 3.62. The Morgan fingerprint density at radius 1 is 1.29 bits per heavy atom. The van der Waals surface area contributed by atoms with Crippen molar-refractivity contribution in [2.45, 2.75) is 63.7 Å². The maximum Gasteiger partial charge on any atom is 0.191 e. The molecule has 3 N–H and O–H groups in total. The largest absolute Gasteiger partial charge is 0.357 e. The first kappa shape index (κ1) is 18.9. The summed E-state index contributed by atoms with van der Waals surface area (Å²) in [5.41, 5.74) is 2.19. The third-order valence-corrected chi connectivity index (χ3v) is 6.06. The molecule has 7 heteroatoms. The Kier molecular flexibility index (Phi) is 5.90. The highest BCUT2D eigenvalue weighted by Gasteiger charge is 2.36. The lowest BCUT2D eigenvalue weighted by Gasteiger charge is -2.47. The average Bonchev–Trinajstić information content (AvgIpc) is 3.22. The molecule has 150 valence electrons. The number of H-pyrrole nitrogens is 1. The molecule has 0 saturated carbocycles. The standard InChI is InChI=1S/C21H31N7/c1-3-22-21(26-17-11-18-8-5-9-19(12-17)28(18)2)23-13-15-6-4-7-16(10-15)20-24-14-25-27-20/h4,6-7,10,14,17-19H,3,5,8-9,11-13H2,1-2H3,(H2,22,23,26)(H,24,25,27). The summed E-state index contributed by atoms with van der Waals surface area (Å²) in [4.78, 5) is 11.7. The summed E-state index contributed by atoms with van der Waals surface area (Å²) in [7, 11) is 2.30. The van der Waals surface area contributed by atoms with E-state index in [4.69, 9.17) is 4.99 Å². The van der Waals surface area contributed by atoms with E-state index < -0.39 is 0 Å². The second-order valence-corrected chi connectivity index (χ2v) is 7.95. The minimum absolute atomic E-state index is 0.504. The van der Waals surface area contributed by atoms with Crippen molar-refractivity contribution in [3.05, 3.63) is 36.2 Å². The fourth-order valence-corrected chi connectivity index (χ4v) is 4.58. The van der Waals surface area contributed by atoms with Gasteiger partial charge in [-0.05, 0) is 51.3 Å². The molecule has 2 fully saturated rings. The Labute approximate surface area is 167 Å². The Morgan fingerprint density at radius 3 is 2.82 bits per heavy atom. The zero-order chi connectivity index (χ0) is 19.3. The first-order valence-corrected chi connectivity index (χ1v) is 10.4. The smallest absolute Gasteiger partial charge is 0.191 e. The van der Waals surface area contributed by atoms with Gasteiger partial charge in [-0.3, -0.25) is 5.10 Å². The second-order valence-electron chi connectivity index (χ2n) is 7.95. The van der Waals surface area contributed by atoms with Crippen LogP contribution in [0.15, 0.2) is 35.6 Å². The fraction of sp³-hybridized carbons (Fsp3) is 0.571. The van der Waals surface area contributed by atoms with Crippen molar-refractivity contribution in [2.75, 3.05) is 13.6 Å². The average molecular weight is 382 g/mol. The van der Waals surface area contributed by atoms with Crippen molar-refractivity contribution in [1.29, 1.82) is 0 Å². The third kappa shape index (κ3) is 4.35. The Balaban J connectivity index is 1.42. The number of nitrogens with one attached hydrogen (secondary N) is 3. The molecule has 7 nitrogen and oxygen atoms in total. The molecule has 2 saturated heterocycles. The van der Waals surface area contributed by atoms with Gasteiger partial charge in [0.05, 0.1) is 6.54 Å². The Hall–Kier alpha value is -2.41. The van der Waals surface area contributed by atoms with E-state index in [9.17, 15) is 0 Å². The van der Waals surface area contributed by atoms with Crippen molar-refractivity contribution in [3.8, 4) is 11.4 Å². The van der Waals surface area contributed by atoms with Gasteiger partial charge in [-0.15, -0.1) is 0 Å². The number of piperidine rings is 2. The number of nitrogens with zero attached hydrogens (tertiary/aromatic N) is 4. The van der Waals surface area contributed by atoms with Gasteiger partial charge in [0, 0.05) is 30.2 Å². The topological polar surface area (TPSA) is 81.2 Å². The van der Waals surface area contributed by atoms with Crippen LogP contribution in [-0.4, -0.2) is 57.8 Å². The molecule has 0 radical (unpaired) electrons. The predicted octanol–water partition coefficient (Wildman–Crippen LogP) is 2.54. The molecule has 3 heterocycles. The second kappa shape index (κ2) is 8.73. The number of fused-ring (bicyclic) bond motifs is 2. The molecule has 2 aliphatic heterocycles. The van der Waals surface area contributed by atoms with Crippen LogP contribution in [-0.2, 0) is 6.54 Å². The van der Waals surface area contributed by atoms with Gasteiger partial charge in [-0.25, -0.2) is 9.98 Å². The maximum absolute atomic E-state index is 4.85. The zero-order valence-corrected chi connectivity index (χ0v) is 16.9. The van der Waals surface area contributed by atoms with E-state index in [-0.39, 0.29) is 0 Å². The number of aliphatic imine (C=N–C) groups is 1. The van der Waals surface area contributed by atoms with E-state index in [0.717, 1.165) is 29.5 Å². The molecule has 2 aliphatic rings. The normalized spacial score (nSPS) is 25.5. The van der Waals surface area contributed by atoms with Crippen LogP contribution >= 0.6 is 0 Å². The number of aromatic amines is 1. The number of hydrogen-bond donors (Lipinski definition) is 3. The quantitative estimate of drug-likeness (QED) is 0.548. The number of aromatic nitrogens is 3. The molecular weight excluding hydrogens is 350 g/mol. The highest BCUT2D eigenvalue weighted by Crippen LogP contribution is 2.32. The lowest BCUT2D eigenvalue weighted by Crippen LogP contribution is -2.56. The van der Waals surface area contributed by atoms with Gasteiger partial charge in [-0.2, -0.15) is 5.10 Å². The van der Waals surface area contributed by atoms with Gasteiger partial charge in [-0.1, -0.05) is 24.6 Å². The molecule has 28 heavy (non-hydrogen) atoms. The molecule has 0 spiro atoms. The van der Waals surface area contributed by atoms with E-state index in [1.165, 1.54) is 38.4 Å². The van der Waals surface area contributed by atoms with Crippen LogP contribution in [0.2, 0.25) is 0 Å². The van der Waals surface area contributed by atoms with Crippen LogP contribution in [0.25, 0.3) is 11.4 Å². The fourth-order valence-electron chi connectivity index (χ4n) is 4.58. The summed E-state index contributed by atoms with van der Waals surface area (Å²) in [6, 6.07) is 10.2. The molecule has 2 atom stereocenters. The van der Waals surface area contributed by atoms with Gasteiger partial charge < -0.3 is 15.5 Å². The Morgan fingerprint density at radius 2 is 2.11 bits per heavy atom. The van der Waals surface area contributed by atoms with Crippen molar-refractivity contribution in [2.24, 2.45) is 4.99 Å². The number of guanidine groups is 1. The number of hydrogen-bond acceptors (Lipinski definition) is 4. The SMILES string of the molecule is CCNC(=NCc1cccc(-c2ncn[nH]2)c1)NC1CC2CCCC(C1)N2C. The van der Waals surface area contributed by atoms with Gasteiger partial charge in [0.15, 0.2) is 11.8 Å². The summed E-state index contributed by atoms with van der Waals surface area (Å²) in [6.07, 6.45) is 7.98.